The van der Waals surface area contributed by atoms with E-state index in [0.717, 1.165) is 43.7 Å². The van der Waals surface area contributed by atoms with Crippen molar-refractivity contribution in [2.75, 3.05) is 20.3 Å². The lowest BCUT2D eigenvalue weighted by Gasteiger charge is -2.58. The van der Waals surface area contributed by atoms with E-state index in [9.17, 15) is 5.11 Å². The molecule has 0 amide bonds. The van der Waals surface area contributed by atoms with Gasteiger partial charge in [0.1, 0.15) is 11.5 Å². The van der Waals surface area contributed by atoms with Crippen molar-refractivity contribution in [3.05, 3.63) is 23.3 Å². The number of ether oxygens (including phenoxy) is 2. The zero-order valence-electron chi connectivity index (χ0n) is 13.6. The largest absolute Gasteiger partial charge is 0.508 e. The van der Waals surface area contributed by atoms with Gasteiger partial charge in [-0.3, -0.25) is 0 Å². The topological polar surface area (TPSA) is 50.7 Å². The molecule has 4 nitrogen and oxygen atoms in total. The smallest absolute Gasteiger partial charge is 0.122 e. The van der Waals surface area contributed by atoms with E-state index >= 15 is 0 Å². The summed E-state index contributed by atoms with van der Waals surface area (Å²) in [6.07, 6.45) is 3.01. The minimum atomic E-state index is -0.0656. The number of hydrogen-bond donors (Lipinski definition) is 2. The minimum absolute atomic E-state index is 0.0189. The Bertz CT molecular complexity index is 613. The molecule has 1 aromatic carbocycles. The third kappa shape index (κ3) is 1.90. The Morgan fingerprint density at radius 2 is 2.18 bits per heavy atom. The van der Waals surface area contributed by atoms with Crippen LogP contribution < -0.4 is 10.1 Å². The lowest BCUT2D eigenvalue weighted by Crippen LogP contribution is -2.64. The van der Waals surface area contributed by atoms with Gasteiger partial charge in [-0.15, -0.1) is 0 Å². The zero-order chi connectivity index (χ0) is 15.5. The third-order valence-corrected chi connectivity index (χ3v) is 6.00. The van der Waals surface area contributed by atoms with Crippen molar-refractivity contribution in [1.29, 1.82) is 0 Å². The molecule has 2 saturated heterocycles. The highest BCUT2D eigenvalue weighted by atomic mass is 16.5. The van der Waals surface area contributed by atoms with Crippen LogP contribution >= 0.6 is 0 Å². The van der Waals surface area contributed by atoms with Gasteiger partial charge in [-0.25, -0.2) is 0 Å². The van der Waals surface area contributed by atoms with Crippen LogP contribution in [0, 0.1) is 5.92 Å². The highest BCUT2D eigenvalue weighted by Gasteiger charge is 2.56. The van der Waals surface area contributed by atoms with E-state index in [2.05, 4.69) is 25.2 Å². The maximum absolute atomic E-state index is 10.5. The molecule has 3 aliphatic rings. The van der Waals surface area contributed by atoms with E-state index in [1.807, 2.05) is 0 Å². The summed E-state index contributed by atoms with van der Waals surface area (Å²) in [5.74, 6) is 1.67. The first-order valence-corrected chi connectivity index (χ1v) is 8.23. The van der Waals surface area contributed by atoms with Crippen LogP contribution in [0.25, 0.3) is 0 Å². The summed E-state index contributed by atoms with van der Waals surface area (Å²) in [5.41, 5.74) is 2.29. The molecule has 2 N–H and O–H groups in total. The van der Waals surface area contributed by atoms with E-state index in [1.54, 1.807) is 13.2 Å². The number of piperidine rings is 1. The van der Waals surface area contributed by atoms with Gasteiger partial charge in [0, 0.05) is 17.5 Å². The second-order valence-corrected chi connectivity index (χ2v) is 7.70. The molecule has 0 aromatic heterocycles. The number of methoxy groups -OCH3 is 1. The predicted octanol–water partition coefficient (Wildman–Crippen LogP) is 2.37. The van der Waals surface area contributed by atoms with Gasteiger partial charge < -0.3 is 19.9 Å². The number of nitrogens with one attached hydrogen (secondary N) is 1. The molecule has 22 heavy (non-hydrogen) atoms. The number of phenolic OH excluding ortho intramolecular Hbond substituents is 1. The molecule has 2 aliphatic heterocycles. The predicted molar refractivity (Wildman–Crippen MR) is 84.6 cm³/mol. The molecule has 3 atom stereocenters. The van der Waals surface area contributed by atoms with Gasteiger partial charge >= 0.3 is 0 Å². The highest BCUT2D eigenvalue weighted by Crippen LogP contribution is 2.54. The van der Waals surface area contributed by atoms with Crippen LogP contribution in [0.1, 0.15) is 37.8 Å². The van der Waals surface area contributed by atoms with Crippen molar-refractivity contribution in [2.45, 2.75) is 50.2 Å². The summed E-state index contributed by atoms with van der Waals surface area (Å²) in [5, 5.41) is 14.1. The first-order chi connectivity index (χ1) is 10.5. The third-order valence-electron chi connectivity index (χ3n) is 6.00. The summed E-state index contributed by atoms with van der Waals surface area (Å²) in [6.45, 7) is 6.13. The number of rotatable bonds is 1. The van der Waals surface area contributed by atoms with Crippen LogP contribution in [-0.4, -0.2) is 37.0 Å². The Labute approximate surface area is 131 Å². The van der Waals surface area contributed by atoms with Gasteiger partial charge in [-0.1, -0.05) is 0 Å². The Hall–Kier alpha value is -1.26. The Morgan fingerprint density at radius 1 is 1.36 bits per heavy atom. The molecule has 4 heteroatoms. The van der Waals surface area contributed by atoms with Gasteiger partial charge in [-0.2, -0.15) is 0 Å². The number of benzene rings is 1. The molecular formula is C18H25NO3. The molecule has 2 bridgehead atoms. The van der Waals surface area contributed by atoms with Gasteiger partial charge in [0.15, 0.2) is 0 Å². The fourth-order valence-electron chi connectivity index (χ4n) is 4.88. The lowest BCUT2D eigenvalue weighted by atomic mass is 9.55. The highest BCUT2D eigenvalue weighted by molar-refractivity contribution is 5.53. The zero-order valence-corrected chi connectivity index (χ0v) is 13.6. The molecule has 1 aromatic rings. The van der Waals surface area contributed by atoms with Crippen molar-refractivity contribution < 1.29 is 14.6 Å². The molecule has 0 unspecified atom stereocenters. The summed E-state index contributed by atoms with van der Waals surface area (Å²) in [7, 11) is 1.66. The Morgan fingerprint density at radius 3 is 2.95 bits per heavy atom. The van der Waals surface area contributed by atoms with E-state index in [4.69, 9.17) is 9.47 Å². The maximum Gasteiger partial charge on any atom is 0.122 e. The van der Waals surface area contributed by atoms with Gasteiger partial charge in [0.25, 0.3) is 0 Å². The van der Waals surface area contributed by atoms with Crippen LogP contribution in [0.4, 0.5) is 0 Å². The van der Waals surface area contributed by atoms with Crippen LogP contribution in [0.3, 0.4) is 0 Å². The first-order valence-electron chi connectivity index (χ1n) is 8.23. The van der Waals surface area contributed by atoms with Gasteiger partial charge in [0.05, 0.1) is 19.3 Å². The van der Waals surface area contributed by atoms with Crippen molar-refractivity contribution in [3.8, 4) is 11.5 Å². The van der Waals surface area contributed by atoms with Crippen LogP contribution in [0.15, 0.2) is 12.1 Å². The SMILES string of the molecule is COc1cc(O)c2c(c1)[C@]13CCN[C@H](C2)[C@@H]1CC(C)(C)OC3. The minimum Gasteiger partial charge on any atom is -0.508 e. The van der Waals surface area contributed by atoms with E-state index in [1.165, 1.54) is 5.56 Å². The summed E-state index contributed by atoms with van der Waals surface area (Å²) in [4.78, 5) is 0. The molecule has 120 valence electrons. The second kappa shape index (κ2) is 4.62. The fraction of sp³-hybridized carbons (Fsp3) is 0.667. The average Bonchev–Trinajstić information content (AvgIpc) is 2.47. The normalized spacial score (nSPS) is 35.4. The summed E-state index contributed by atoms with van der Waals surface area (Å²) < 4.78 is 11.6. The summed E-state index contributed by atoms with van der Waals surface area (Å²) >= 11 is 0. The van der Waals surface area contributed by atoms with Crippen molar-refractivity contribution in [3.63, 3.8) is 0 Å². The second-order valence-electron chi connectivity index (χ2n) is 7.70. The van der Waals surface area contributed by atoms with Gasteiger partial charge in [0.2, 0.25) is 0 Å². The molecule has 0 saturated carbocycles. The molecule has 0 radical (unpaired) electrons. The number of hydrogen-bond acceptors (Lipinski definition) is 4. The number of fused-ring (bicyclic) bond motifs is 1. The van der Waals surface area contributed by atoms with Gasteiger partial charge in [-0.05, 0) is 62.8 Å². The standard InChI is InChI=1S/C18H25NO3/c1-17(2)9-14-15-8-12-13(6-11(21-3)7-16(12)20)18(14,10-22-17)4-5-19-15/h6-7,14-15,19-20H,4-5,8-10H2,1-3H3/t14-,15+,18+/m0/s1. The van der Waals surface area contributed by atoms with E-state index in [-0.39, 0.29) is 11.0 Å². The molecule has 0 spiro atoms. The quantitative estimate of drug-likeness (QED) is 0.836. The molecule has 2 heterocycles. The molecule has 4 rings (SSSR count). The monoisotopic (exact) mass is 303 g/mol. The number of phenols is 1. The Kier molecular flexibility index (Phi) is 3.01. The summed E-state index contributed by atoms with van der Waals surface area (Å²) in [6, 6.07) is 4.30. The Balaban J connectivity index is 1.88. The number of aromatic hydroxyl groups is 1. The van der Waals surface area contributed by atoms with E-state index in [0.29, 0.717) is 17.7 Å². The first kappa shape index (κ1) is 14.3. The fourth-order valence-corrected chi connectivity index (χ4v) is 4.88. The lowest BCUT2D eigenvalue weighted by molar-refractivity contribution is -0.136. The molecule has 1 aliphatic carbocycles. The van der Waals surface area contributed by atoms with Crippen LogP contribution in [-0.2, 0) is 16.6 Å². The van der Waals surface area contributed by atoms with Crippen LogP contribution in [0.5, 0.6) is 11.5 Å². The molecule has 2 fully saturated rings. The van der Waals surface area contributed by atoms with Crippen molar-refractivity contribution in [1.82, 2.24) is 5.32 Å². The maximum atomic E-state index is 10.5. The molecular weight excluding hydrogens is 278 g/mol. The average molecular weight is 303 g/mol. The van der Waals surface area contributed by atoms with Crippen LogP contribution in [0.2, 0.25) is 0 Å². The van der Waals surface area contributed by atoms with Crippen molar-refractivity contribution in [2.24, 2.45) is 5.92 Å². The van der Waals surface area contributed by atoms with Crippen molar-refractivity contribution >= 4 is 0 Å². The van der Waals surface area contributed by atoms with E-state index < -0.39 is 0 Å².